The van der Waals surface area contributed by atoms with Crippen molar-refractivity contribution >= 4 is 71.3 Å². The Bertz CT molecular complexity index is 3470. The predicted octanol–water partition coefficient (Wildman–Crippen LogP) is 15.1. The average molecular weight is 754 g/mol. The first-order chi connectivity index (χ1) is 29.0. The zero-order chi connectivity index (χ0) is 39.2. The van der Waals surface area contributed by atoms with Gasteiger partial charge in [0.2, 0.25) is 0 Å². The molecular formula is C56H39N3. The molecule has 0 radical (unpaired) electrons. The number of aromatic nitrogens is 2. The molecular weight excluding hydrogens is 715 g/mol. The van der Waals surface area contributed by atoms with Crippen LogP contribution in [0, 0.1) is 0 Å². The highest BCUT2D eigenvalue weighted by atomic mass is 15.1. The van der Waals surface area contributed by atoms with Gasteiger partial charge in [-0.1, -0.05) is 147 Å². The van der Waals surface area contributed by atoms with E-state index in [4.69, 9.17) is 4.98 Å². The quantitative estimate of drug-likeness (QED) is 0.163. The molecule has 1 aliphatic carbocycles. The zero-order valence-electron chi connectivity index (χ0n) is 32.9. The van der Waals surface area contributed by atoms with Gasteiger partial charge in [0.05, 0.1) is 22.2 Å². The lowest BCUT2D eigenvalue weighted by Crippen LogP contribution is -2.16. The van der Waals surface area contributed by atoms with Crippen molar-refractivity contribution in [1.29, 1.82) is 0 Å². The molecule has 2 aromatic heterocycles. The van der Waals surface area contributed by atoms with E-state index in [2.05, 4.69) is 224 Å². The summed E-state index contributed by atoms with van der Waals surface area (Å²) in [5, 5.41) is 8.47. The van der Waals surface area contributed by atoms with E-state index in [1.54, 1.807) is 0 Å². The van der Waals surface area contributed by atoms with Gasteiger partial charge < -0.3 is 9.47 Å². The molecule has 0 bridgehead atoms. The first kappa shape index (κ1) is 33.6. The van der Waals surface area contributed by atoms with E-state index in [9.17, 15) is 0 Å². The second kappa shape index (κ2) is 12.8. The van der Waals surface area contributed by atoms with Gasteiger partial charge in [-0.05, 0) is 99.8 Å². The molecule has 3 heteroatoms. The Labute approximate surface area is 343 Å². The smallest absolute Gasteiger partial charge is 0.0788 e. The van der Waals surface area contributed by atoms with Crippen LogP contribution < -0.4 is 4.90 Å². The van der Waals surface area contributed by atoms with Gasteiger partial charge in [-0.3, -0.25) is 0 Å². The predicted molar refractivity (Wildman–Crippen MR) is 249 cm³/mol. The van der Waals surface area contributed by atoms with Crippen molar-refractivity contribution in [2.45, 2.75) is 19.3 Å². The molecule has 11 aromatic rings. The SMILES string of the molecule is CC1(C)c2ccccc2-c2ccc(N(c3ccc(-c4nc5ccccc5c5c4ccc4c5c5ccccc5n4-c4ccccc4)cc3)c3ccc4ccccc4c3)cc21. The van der Waals surface area contributed by atoms with Crippen LogP contribution in [0.15, 0.2) is 200 Å². The van der Waals surface area contributed by atoms with Crippen LogP contribution in [0.1, 0.15) is 25.0 Å². The highest BCUT2D eigenvalue weighted by Gasteiger charge is 2.35. The maximum atomic E-state index is 5.41. The number of rotatable bonds is 5. The third-order valence-corrected chi connectivity index (χ3v) is 12.7. The third-order valence-electron chi connectivity index (χ3n) is 12.7. The van der Waals surface area contributed by atoms with Gasteiger partial charge in [-0.25, -0.2) is 4.98 Å². The van der Waals surface area contributed by atoms with E-state index < -0.39 is 0 Å². The minimum absolute atomic E-state index is 0.109. The van der Waals surface area contributed by atoms with Gasteiger partial charge in [0.1, 0.15) is 0 Å². The molecule has 0 aliphatic heterocycles. The Morgan fingerprint density at radius 1 is 0.441 bits per heavy atom. The van der Waals surface area contributed by atoms with Crippen molar-refractivity contribution in [2.75, 3.05) is 4.90 Å². The number of para-hydroxylation sites is 3. The lowest BCUT2D eigenvalue weighted by molar-refractivity contribution is 0.660. The van der Waals surface area contributed by atoms with Crippen LogP contribution in [-0.4, -0.2) is 9.55 Å². The summed E-state index contributed by atoms with van der Waals surface area (Å²) in [6.45, 7) is 4.70. The van der Waals surface area contributed by atoms with E-state index in [1.165, 1.54) is 60.2 Å². The molecule has 12 rings (SSSR count). The minimum Gasteiger partial charge on any atom is -0.310 e. The summed E-state index contributed by atoms with van der Waals surface area (Å²) >= 11 is 0. The van der Waals surface area contributed by atoms with Gasteiger partial charge in [0.15, 0.2) is 0 Å². The topological polar surface area (TPSA) is 21.1 Å². The molecule has 0 N–H and O–H groups in total. The van der Waals surface area contributed by atoms with Crippen LogP contribution in [0.3, 0.4) is 0 Å². The van der Waals surface area contributed by atoms with Gasteiger partial charge in [0.25, 0.3) is 0 Å². The highest BCUT2D eigenvalue weighted by Crippen LogP contribution is 2.51. The standard InChI is InChI=1S/C56H39N3/c1-56(2)48-21-11-8-18-43(48)44-31-30-42(35-49(44)56)58(41-29-24-36-14-6-7-15-38(36)34-41)40-27-25-37(26-28-40)55-47-32-33-52-54(53(47)45-19-9-12-22-50(45)57-55)46-20-10-13-23-51(46)59(52)39-16-4-3-5-17-39/h3-35H,1-2H3. The van der Waals surface area contributed by atoms with Crippen LogP contribution in [0.4, 0.5) is 17.1 Å². The van der Waals surface area contributed by atoms with Crippen LogP contribution in [0.25, 0.3) is 82.3 Å². The zero-order valence-corrected chi connectivity index (χ0v) is 32.9. The second-order valence-corrected chi connectivity index (χ2v) is 16.4. The first-order valence-electron chi connectivity index (χ1n) is 20.5. The van der Waals surface area contributed by atoms with Crippen molar-refractivity contribution in [3.05, 3.63) is 211 Å². The number of benzene rings is 9. The fourth-order valence-corrected chi connectivity index (χ4v) is 9.94. The summed E-state index contributed by atoms with van der Waals surface area (Å²) in [5.41, 5.74) is 15.2. The molecule has 59 heavy (non-hydrogen) atoms. The Morgan fingerprint density at radius 3 is 1.97 bits per heavy atom. The summed E-state index contributed by atoms with van der Waals surface area (Å²) in [5.74, 6) is 0. The van der Waals surface area contributed by atoms with Crippen molar-refractivity contribution in [3.8, 4) is 28.1 Å². The Morgan fingerprint density at radius 2 is 1.10 bits per heavy atom. The highest BCUT2D eigenvalue weighted by molar-refractivity contribution is 6.29. The van der Waals surface area contributed by atoms with Crippen molar-refractivity contribution in [3.63, 3.8) is 0 Å². The minimum atomic E-state index is -0.109. The van der Waals surface area contributed by atoms with E-state index in [0.29, 0.717) is 0 Å². The summed E-state index contributed by atoms with van der Waals surface area (Å²) < 4.78 is 2.40. The van der Waals surface area contributed by atoms with Crippen LogP contribution in [0.2, 0.25) is 0 Å². The number of hydrogen-bond donors (Lipinski definition) is 0. The Kier molecular flexibility index (Phi) is 7.27. The summed E-state index contributed by atoms with van der Waals surface area (Å²) in [7, 11) is 0. The van der Waals surface area contributed by atoms with E-state index >= 15 is 0 Å². The number of nitrogens with zero attached hydrogens (tertiary/aromatic N) is 3. The first-order valence-corrected chi connectivity index (χ1v) is 20.5. The maximum Gasteiger partial charge on any atom is 0.0788 e. The van der Waals surface area contributed by atoms with E-state index in [0.717, 1.165) is 50.3 Å². The van der Waals surface area contributed by atoms with Gasteiger partial charge in [-0.15, -0.1) is 0 Å². The van der Waals surface area contributed by atoms with Crippen LogP contribution in [0.5, 0.6) is 0 Å². The molecule has 2 heterocycles. The summed E-state index contributed by atoms with van der Waals surface area (Å²) in [6.07, 6.45) is 0. The van der Waals surface area contributed by atoms with Gasteiger partial charge >= 0.3 is 0 Å². The van der Waals surface area contributed by atoms with Gasteiger partial charge in [-0.2, -0.15) is 0 Å². The molecule has 0 saturated carbocycles. The normalized spacial score (nSPS) is 13.1. The number of pyridine rings is 1. The molecule has 0 saturated heterocycles. The lowest BCUT2D eigenvalue weighted by Gasteiger charge is -2.28. The number of hydrogen-bond acceptors (Lipinski definition) is 2. The lowest BCUT2D eigenvalue weighted by atomic mass is 9.82. The number of fused-ring (bicyclic) bond motifs is 11. The van der Waals surface area contributed by atoms with E-state index in [-0.39, 0.29) is 5.41 Å². The van der Waals surface area contributed by atoms with Crippen LogP contribution >= 0.6 is 0 Å². The van der Waals surface area contributed by atoms with Crippen LogP contribution in [-0.2, 0) is 5.41 Å². The van der Waals surface area contributed by atoms with Gasteiger partial charge in [0, 0.05) is 60.7 Å². The molecule has 278 valence electrons. The van der Waals surface area contributed by atoms with E-state index in [1.807, 2.05) is 0 Å². The monoisotopic (exact) mass is 753 g/mol. The second-order valence-electron chi connectivity index (χ2n) is 16.4. The van der Waals surface area contributed by atoms with Crippen molar-refractivity contribution in [2.24, 2.45) is 0 Å². The average Bonchev–Trinajstić information content (AvgIpc) is 3.75. The summed E-state index contributed by atoms with van der Waals surface area (Å²) in [4.78, 5) is 7.81. The molecule has 9 aromatic carbocycles. The van der Waals surface area contributed by atoms with Crippen molar-refractivity contribution in [1.82, 2.24) is 9.55 Å². The molecule has 0 spiro atoms. The van der Waals surface area contributed by atoms with Crippen molar-refractivity contribution < 1.29 is 0 Å². The fourth-order valence-electron chi connectivity index (χ4n) is 9.94. The Balaban J connectivity index is 1.05. The maximum absolute atomic E-state index is 5.41. The molecule has 0 unspecified atom stereocenters. The largest absolute Gasteiger partial charge is 0.310 e. The Hall–Kier alpha value is -7.49. The molecule has 3 nitrogen and oxygen atoms in total. The molecule has 0 atom stereocenters. The fraction of sp³-hybridized carbons (Fsp3) is 0.0536. The summed E-state index contributed by atoms with van der Waals surface area (Å²) in [6, 6.07) is 73.0. The number of anilines is 3. The third kappa shape index (κ3) is 5.04. The molecule has 0 fully saturated rings. The molecule has 0 amide bonds. The molecule has 1 aliphatic rings.